The number of carbonyl (C=O) groups excluding carboxylic acids is 2. The third-order valence-electron chi connectivity index (χ3n) is 4.33. The van der Waals surface area contributed by atoms with Crippen molar-refractivity contribution in [1.82, 2.24) is 15.6 Å². The van der Waals surface area contributed by atoms with E-state index in [4.69, 9.17) is 4.74 Å². The maximum absolute atomic E-state index is 12.2. The van der Waals surface area contributed by atoms with Gasteiger partial charge in [-0.1, -0.05) is 24.3 Å². The van der Waals surface area contributed by atoms with Gasteiger partial charge in [0.15, 0.2) is 0 Å². The second-order valence-electron chi connectivity index (χ2n) is 7.24. The number of pyridine rings is 1. The molecule has 31 heavy (non-hydrogen) atoms. The van der Waals surface area contributed by atoms with E-state index < -0.39 is 0 Å². The highest BCUT2D eigenvalue weighted by molar-refractivity contribution is 6.04. The summed E-state index contributed by atoms with van der Waals surface area (Å²) in [5.41, 5.74) is 3.10. The van der Waals surface area contributed by atoms with Crippen LogP contribution in [0, 0.1) is 0 Å². The van der Waals surface area contributed by atoms with E-state index in [2.05, 4.69) is 20.9 Å². The lowest BCUT2D eigenvalue weighted by molar-refractivity contribution is 0.102. The van der Waals surface area contributed by atoms with Gasteiger partial charge in [0, 0.05) is 36.7 Å². The van der Waals surface area contributed by atoms with Crippen molar-refractivity contribution in [2.24, 2.45) is 0 Å². The van der Waals surface area contributed by atoms with Crippen LogP contribution in [0.3, 0.4) is 0 Å². The van der Waals surface area contributed by atoms with E-state index in [1.165, 1.54) is 0 Å². The Morgan fingerprint density at radius 2 is 1.58 bits per heavy atom. The number of anilines is 1. The predicted molar refractivity (Wildman–Crippen MR) is 120 cm³/mol. The summed E-state index contributed by atoms with van der Waals surface area (Å²) in [4.78, 5) is 28.2. The molecule has 2 aromatic carbocycles. The Labute approximate surface area is 181 Å². The highest BCUT2D eigenvalue weighted by Crippen LogP contribution is 2.15. The molecule has 0 radical (unpaired) electrons. The summed E-state index contributed by atoms with van der Waals surface area (Å²) in [5, 5.41) is 8.49. The molecule has 0 bridgehead atoms. The summed E-state index contributed by atoms with van der Waals surface area (Å²) >= 11 is 0. The average molecular weight is 418 g/mol. The molecule has 0 atom stereocenters. The molecule has 7 nitrogen and oxygen atoms in total. The first-order valence-corrected chi connectivity index (χ1v) is 10.1. The minimum absolute atomic E-state index is 0.0989. The number of nitrogens with one attached hydrogen (secondary N) is 3. The molecule has 160 valence electrons. The zero-order chi connectivity index (χ0) is 22.1. The van der Waals surface area contributed by atoms with Gasteiger partial charge in [0.1, 0.15) is 5.75 Å². The molecule has 1 aromatic heterocycles. The van der Waals surface area contributed by atoms with Crippen molar-refractivity contribution in [3.63, 3.8) is 0 Å². The molecule has 3 amide bonds. The zero-order valence-electron chi connectivity index (χ0n) is 17.6. The molecule has 1 heterocycles. The summed E-state index contributed by atoms with van der Waals surface area (Å²) < 4.78 is 5.67. The smallest absolute Gasteiger partial charge is 0.315 e. The van der Waals surface area contributed by atoms with Crippen LogP contribution in [-0.4, -0.2) is 23.0 Å². The molecule has 0 aliphatic carbocycles. The fourth-order valence-electron chi connectivity index (χ4n) is 2.84. The maximum atomic E-state index is 12.2. The number of hydrogen-bond acceptors (Lipinski definition) is 4. The van der Waals surface area contributed by atoms with E-state index in [0.29, 0.717) is 24.3 Å². The van der Waals surface area contributed by atoms with E-state index in [-0.39, 0.29) is 18.0 Å². The number of urea groups is 1. The molecular weight excluding hydrogens is 392 g/mol. The monoisotopic (exact) mass is 418 g/mol. The van der Waals surface area contributed by atoms with Crippen molar-refractivity contribution in [3.05, 3.63) is 89.7 Å². The third-order valence-corrected chi connectivity index (χ3v) is 4.33. The van der Waals surface area contributed by atoms with Gasteiger partial charge in [-0.2, -0.15) is 0 Å². The van der Waals surface area contributed by atoms with E-state index in [1.54, 1.807) is 36.7 Å². The van der Waals surface area contributed by atoms with E-state index >= 15 is 0 Å². The lowest BCUT2D eigenvalue weighted by atomic mass is 10.2. The van der Waals surface area contributed by atoms with E-state index in [9.17, 15) is 9.59 Å². The van der Waals surface area contributed by atoms with Gasteiger partial charge >= 0.3 is 6.03 Å². The SMILES string of the molecule is CC(C)Oc1cccc(CNC(=O)NCc2ccc(NC(=O)c3ccncc3)cc2)c1. The first-order valence-electron chi connectivity index (χ1n) is 10.1. The minimum atomic E-state index is -0.259. The fraction of sp³-hybridized carbons (Fsp3) is 0.208. The van der Waals surface area contributed by atoms with Crippen LogP contribution < -0.4 is 20.7 Å². The molecule has 0 spiro atoms. The Bertz CT molecular complexity index is 1000. The third kappa shape index (κ3) is 7.15. The van der Waals surface area contributed by atoms with E-state index in [1.807, 2.05) is 50.2 Å². The van der Waals surface area contributed by atoms with Crippen molar-refractivity contribution >= 4 is 17.6 Å². The molecule has 0 saturated carbocycles. The Morgan fingerprint density at radius 3 is 2.26 bits per heavy atom. The molecule has 0 aliphatic heterocycles. The van der Waals surface area contributed by atoms with Crippen LogP contribution in [0.5, 0.6) is 5.75 Å². The van der Waals surface area contributed by atoms with Gasteiger partial charge in [-0.3, -0.25) is 9.78 Å². The summed E-state index contributed by atoms with van der Waals surface area (Å²) in [6, 6.07) is 18.0. The number of rotatable bonds is 8. The molecule has 0 saturated heterocycles. The Kier molecular flexibility index (Phi) is 7.59. The second-order valence-corrected chi connectivity index (χ2v) is 7.24. The highest BCUT2D eigenvalue weighted by atomic mass is 16.5. The number of aromatic nitrogens is 1. The van der Waals surface area contributed by atoms with Crippen LogP contribution in [0.2, 0.25) is 0 Å². The lowest BCUT2D eigenvalue weighted by Gasteiger charge is -2.12. The van der Waals surface area contributed by atoms with Gasteiger partial charge in [-0.25, -0.2) is 4.79 Å². The first kappa shape index (κ1) is 21.8. The summed E-state index contributed by atoms with van der Waals surface area (Å²) in [7, 11) is 0. The van der Waals surface area contributed by atoms with Gasteiger partial charge in [0.2, 0.25) is 0 Å². The minimum Gasteiger partial charge on any atom is -0.491 e. The van der Waals surface area contributed by atoms with Gasteiger partial charge in [-0.05, 0) is 61.4 Å². The van der Waals surface area contributed by atoms with Crippen LogP contribution in [0.4, 0.5) is 10.5 Å². The Hall–Kier alpha value is -3.87. The number of carbonyl (C=O) groups is 2. The molecule has 0 fully saturated rings. The van der Waals surface area contributed by atoms with Crippen LogP contribution in [0.15, 0.2) is 73.1 Å². The highest BCUT2D eigenvalue weighted by Gasteiger charge is 2.06. The van der Waals surface area contributed by atoms with Gasteiger partial charge in [0.25, 0.3) is 5.91 Å². The predicted octanol–water partition coefficient (Wildman–Crippen LogP) is 4.12. The normalized spacial score (nSPS) is 10.4. The summed E-state index contributed by atoms with van der Waals surface area (Å²) in [5.74, 6) is 0.585. The van der Waals surface area contributed by atoms with Crippen molar-refractivity contribution in [1.29, 1.82) is 0 Å². The van der Waals surface area contributed by atoms with Crippen LogP contribution >= 0.6 is 0 Å². The van der Waals surface area contributed by atoms with Crippen molar-refractivity contribution < 1.29 is 14.3 Å². The summed E-state index contributed by atoms with van der Waals surface area (Å²) in [6.07, 6.45) is 3.25. The van der Waals surface area contributed by atoms with Crippen molar-refractivity contribution in [3.8, 4) is 5.75 Å². The van der Waals surface area contributed by atoms with Gasteiger partial charge < -0.3 is 20.7 Å². The van der Waals surface area contributed by atoms with Gasteiger partial charge in [0.05, 0.1) is 6.10 Å². The Balaban J connectivity index is 1.43. The van der Waals surface area contributed by atoms with Crippen LogP contribution in [-0.2, 0) is 13.1 Å². The quantitative estimate of drug-likeness (QED) is 0.513. The summed E-state index contributed by atoms with van der Waals surface area (Å²) in [6.45, 7) is 4.72. The molecule has 3 rings (SSSR count). The number of benzene rings is 2. The lowest BCUT2D eigenvalue weighted by Crippen LogP contribution is -2.34. The average Bonchev–Trinajstić information content (AvgIpc) is 2.77. The fourth-order valence-corrected chi connectivity index (χ4v) is 2.84. The molecule has 0 aliphatic rings. The number of ether oxygens (including phenoxy) is 1. The van der Waals surface area contributed by atoms with Crippen LogP contribution in [0.25, 0.3) is 0 Å². The maximum Gasteiger partial charge on any atom is 0.315 e. The first-order chi connectivity index (χ1) is 15.0. The number of nitrogens with zero attached hydrogens (tertiary/aromatic N) is 1. The number of amides is 3. The largest absolute Gasteiger partial charge is 0.491 e. The molecule has 3 N–H and O–H groups in total. The van der Waals surface area contributed by atoms with Crippen molar-refractivity contribution in [2.45, 2.75) is 33.0 Å². The number of hydrogen-bond donors (Lipinski definition) is 3. The molecular formula is C24H26N4O3. The standard InChI is InChI=1S/C24H26N4O3/c1-17(2)31-22-5-3-4-19(14-22)16-27-24(30)26-15-18-6-8-21(9-7-18)28-23(29)20-10-12-25-13-11-20/h3-14,17H,15-16H2,1-2H3,(H,28,29)(H2,26,27,30). The van der Waals surface area contributed by atoms with Crippen LogP contribution in [0.1, 0.15) is 35.3 Å². The molecule has 0 unspecified atom stereocenters. The Morgan fingerprint density at radius 1 is 0.903 bits per heavy atom. The second kappa shape index (κ2) is 10.8. The van der Waals surface area contributed by atoms with E-state index in [0.717, 1.165) is 16.9 Å². The van der Waals surface area contributed by atoms with Crippen molar-refractivity contribution in [2.75, 3.05) is 5.32 Å². The van der Waals surface area contributed by atoms with Gasteiger partial charge in [-0.15, -0.1) is 0 Å². The molecule has 3 aromatic rings. The topological polar surface area (TPSA) is 92.4 Å². The zero-order valence-corrected chi connectivity index (χ0v) is 17.6. The molecule has 7 heteroatoms.